The lowest BCUT2D eigenvalue weighted by atomic mass is 10.3. The van der Waals surface area contributed by atoms with Crippen molar-refractivity contribution in [2.45, 2.75) is 23.1 Å². The van der Waals surface area contributed by atoms with Crippen molar-refractivity contribution in [3.05, 3.63) is 41.7 Å². The molecule has 0 spiro atoms. The molecule has 3 aromatic heterocycles. The number of anilines is 1. The Morgan fingerprint density at radius 1 is 1.18 bits per heavy atom. The largest absolute Gasteiger partial charge is 0.454 e. The smallest absolute Gasteiger partial charge is 0.231 e. The molecule has 0 saturated heterocycles. The second kappa shape index (κ2) is 6.99. The number of benzene rings is 1. The van der Waals surface area contributed by atoms with Crippen LogP contribution in [0.5, 0.6) is 11.5 Å². The van der Waals surface area contributed by atoms with Crippen molar-refractivity contribution in [1.82, 2.24) is 29.1 Å². The fourth-order valence-corrected chi connectivity index (χ4v) is 4.43. The van der Waals surface area contributed by atoms with Crippen LogP contribution in [0.1, 0.15) is 0 Å². The van der Waals surface area contributed by atoms with Gasteiger partial charge in [-0.05, 0) is 28.1 Å². The predicted molar refractivity (Wildman–Crippen MR) is 106 cm³/mol. The molecule has 0 aliphatic carbocycles. The van der Waals surface area contributed by atoms with Crippen molar-refractivity contribution in [3.8, 4) is 11.5 Å². The maximum Gasteiger partial charge on any atom is 0.231 e. The number of nitrogens with two attached hydrogens (primary N) is 1. The Morgan fingerprint density at radius 3 is 2.86 bits per heavy atom. The number of fused-ring (bicyclic) bond motifs is 2. The Kier molecular flexibility index (Phi) is 4.32. The van der Waals surface area contributed by atoms with Crippen molar-refractivity contribution in [3.63, 3.8) is 0 Å². The van der Waals surface area contributed by atoms with Crippen molar-refractivity contribution < 1.29 is 9.47 Å². The molecule has 2 N–H and O–H groups in total. The van der Waals surface area contributed by atoms with E-state index in [1.54, 1.807) is 12.5 Å². The summed E-state index contributed by atoms with van der Waals surface area (Å²) in [4.78, 5) is 18.2. The Hall–Kier alpha value is -2.79. The molecule has 0 bridgehead atoms. The van der Waals surface area contributed by atoms with Crippen LogP contribution in [0.3, 0.4) is 0 Å². The maximum absolute atomic E-state index is 6.03. The van der Waals surface area contributed by atoms with E-state index in [2.05, 4.69) is 30.9 Å². The van der Waals surface area contributed by atoms with Gasteiger partial charge in [0.25, 0.3) is 0 Å². The fourth-order valence-electron chi connectivity index (χ4n) is 2.92. The van der Waals surface area contributed by atoms with Crippen LogP contribution >= 0.6 is 27.7 Å². The van der Waals surface area contributed by atoms with Crippen LogP contribution in [-0.4, -0.2) is 35.9 Å². The highest BCUT2D eigenvalue weighted by Gasteiger charge is 2.20. The van der Waals surface area contributed by atoms with Crippen LogP contribution in [0.15, 0.2) is 51.7 Å². The minimum Gasteiger partial charge on any atom is -0.454 e. The molecule has 0 amide bonds. The van der Waals surface area contributed by atoms with E-state index >= 15 is 0 Å². The number of nitrogens with zero attached hydrogens (tertiary/aromatic N) is 6. The quantitative estimate of drug-likeness (QED) is 0.485. The minimum absolute atomic E-state index is 0.228. The normalized spacial score (nSPS) is 12.8. The lowest BCUT2D eigenvalue weighted by Crippen LogP contribution is -2.08. The molecule has 4 aromatic rings. The summed E-state index contributed by atoms with van der Waals surface area (Å²) in [6, 6.07) is 3.84. The third-order valence-corrected chi connectivity index (χ3v) is 6.27. The van der Waals surface area contributed by atoms with Gasteiger partial charge in [-0.1, -0.05) is 11.8 Å². The number of aryl methyl sites for hydroxylation is 2. The molecule has 0 radical (unpaired) electrons. The van der Waals surface area contributed by atoms with Crippen molar-refractivity contribution in [2.75, 3.05) is 12.5 Å². The highest BCUT2D eigenvalue weighted by atomic mass is 79.9. The molecular formula is C17H14BrN7O2S. The molecule has 1 aromatic carbocycles. The molecule has 0 saturated carbocycles. The summed E-state index contributed by atoms with van der Waals surface area (Å²) in [5, 5.41) is 0.766. The number of ether oxygens (including phenoxy) is 2. The van der Waals surface area contributed by atoms with Crippen LogP contribution in [0.4, 0.5) is 5.82 Å². The van der Waals surface area contributed by atoms with Crippen LogP contribution in [0.25, 0.3) is 11.2 Å². The van der Waals surface area contributed by atoms with E-state index in [1.807, 2.05) is 27.5 Å². The molecule has 28 heavy (non-hydrogen) atoms. The Balaban J connectivity index is 1.54. The first-order valence-electron chi connectivity index (χ1n) is 8.38. The molecule has 0 fully saturated rings. The van der Waals surface area contributed by atoms with Gasteiger partial charge < -0.3 is 24.3 Å². The third-order valence-electron chi connectivity index (χ3n) is 4.29. The van der Waals surface area contributed by atoms with Gasteiger partial charge in [0.1, 0.15) is 6.33 Å². The summed E-state index contributed by atoms with van der Waals surface area (Å²) >= 11 is 5.10. The maximum atomic E-state index is 6.03. The summed E-state index contributed by atoms with van der Waals surface area (Å²) in [6.45, 7) is 1.62. The van der Waals surface area contributed by atoms with E-state index < -0.39 is 0 Å². The first-order valence-corrected chi connectivity index (χ1v) is 9.99. The topological polar surface area (TPSA) is 106 Å². The molecule has 1 aliphatic heterocycles. The number of hydrogen-bond acceptors (Lipinski definition) is 8. The first-order chi connectivity index (χ1) is 13.7. The van der Waals surface area contributed by atoms with Gasteiger partial charge in [-0.15, -0.1) is 0 Å². The van der Waals surface area contributed by atoms with Gasteiger partial charge in [-0.25, -0.2) is 19.9 Å². The van der Waals surface area contributed by atoms with Gasteiger partial charge in [0, 0.05) is 34.9 Å². The van der Waals surface area contributed by atoms with Crippen LogP contribution in [-0.2, 0) is 13.1 Å². The molecule has 4 heterocycles. The number of rotatable bonds is 5. The van der Waals surface area contributed by atoms with Crippen molar-refractivity contribution in [2.24, 2.45) is 0 Å². The zero-order valence-electron chi connectivity index (χ0n) is 14.4. The first kappa shape index (κ1) is 17.3. The second-order valence-corrected chi connectivity index (χ2v) is 7.88. The average Bonchev–Trinajstić information content (AvgIpc) is 3.41. The fraction of sp³-hybridized carbons (Fsp3) is 0.176. The molecule has 142 valence electrons. The average molecular weight is 460 g/mol. The molecule has 9 nitrogen and oxygen atoms in total. The van der Waals surface area contributed by atoms with E-state index in [1.165, 1.54) is 18.1 Å². The van der Waals surface area contributed by atoms with Gasteiger partial charge in [0.05, 0.1) is 6.33 Å². The number of halogens is 1. The zero-order chi connectivity index (χ0) is 19.1. The minimum atomic E-state index is 0.228. The SMILES string of the molecule is Nc1ncnc2c1nc(Sc1cc3c(cc1Br)OCO3)n2CCn1ccnc1. The van der Waals surface area contributed by atoms with Crippen LogP contribution < -0.4 is 15.2 Å². The summed E-state index contributed by atoms with van der Waals surface area (Å²) in [6.07, 6.45) is 6.91. The number of imidazole rings is 2. The summed E-state index contributed by atoms with van der Waals surface area (Å²) in [5.41, 5.74) is 7.32. The standard InChI is InChI=1S/C17H14BrN7O2S/c18-10-5-11-12(27-9-26-11)6-13(10)28-17-23-14-15(19)21-7-22-16(14)25(17)4-3-24-2-1-20-8-24/h1-2,5-8H,3-4,9H2,(H2,19,21,22). The van der Waals surface area contributed by atoms with E-state index in [4.69, 9.17) is 20.2 Å². The van der Waals surface area contributed by atoms with Crippen molar-refractivity contribution in [1.29, 1.82) is 0 Å². The van der Waals surface area contributed by atoms with E-state index in [-0.39, 0.29) is 6.79 Å². The number of nitrogen functional groups attached to an aromatic ring is 1. The van der Waals surface area contributed by atoms with E-state index in [0.717, 1.165) is 26.8 Å². The highest BCUT2D eigenvalue weighted by molar-refractivity contribution is 9.10. The Labute approximate surface area is 172 Å². The van der Waals surface area contributed by atoms with Gasteiger partial charge in [-0.2, -0.15) is 0 Å². The molecule has 5 rings (SSSR count). The van der Waals surface area contributed by atoms with Gasteiger partial charge >= 0.3 is 0 Å². The lowest BCUT2D eigenvalue weighted by molar-refractivity contribution is 0.174. The van der Waals surface area contributed by atoms with Crippen molar-refractivity contribution >= 4 is 44.7 Å². The molecule has 1 aliphatic rings. The molecular weight excluding hydrogens is 446 g/mol. The van der Waals surface area contributed by atoms with E-state index in [9.17, 15) is 0 Å². The zero-order valence-corrected chi connectivity index (χ0v) is 16.9. The van der Waals surface area contributed by atoms with E-state index in [0.29, 0.717) is 29.3 Å². The van der Waals surface area contributed by atoms with Crippen LogP contribution in [0, 0.1) is 0 Å². The monoisotopic (exact) mass is 459 g/mol. The van der Waals surface area contributed by atoms with Gasteiger partial charge in [0.15, 0.2) is 33.6 Å². The molecule has 0 unspecified atom stereocenters. The summed E-state index contributed by atoms with van der Waals surface area (Å²) < 4.78 is 15.9. The molecule has 11 heteroatoms. The Morgan fingerprint density at radius 2 is 2.04 bits per heavy atom. The van der Waals surface area contributed by atoms with Gasteiger partial charge in [-0.3, -0.25) is 0 Å². The highest BCUT2D eigenvalue weighted by Crippen LogP contribution is 2.43. The second-order valence-electron chi connectivity index (χ2n) is 6.02. The van der Waals surface area contributed by atoms with Gasteiger partial charge in [0.2, 0.25) is 6.79 Å². The summed E-state index contributed by atoms with van der Waals surface area (Å²) in [7, 11) is 0. The predicted octanol–water partition coefficient (Wildman–Crippen LogP) is 2.95. The Bertz CT molecular complexity index is 1160. The lowest BCUT2D eigenvalue weighted by Gasteiger charge is -2.10. The molecule has 0 atom stereocenters. The van der Waals surface area contributed by atoms with Crippen LogP contribution in [0.2, 0.25) is 0 Å². The number of hydrogen-bond donors (Lipinski definition) is 1. The third kappa shape index (κ3) is 3.06. The summed E-state index contributed by atoms with van der Waals surface area (Å²) in [5.74, 6) is 1.80. The number of aromatic nitrogens is 6.